The Balaban J connectivity index is 1.57. The number of nitrogens with zero attached hydrogens (tertiary/aromatic N) is 5. The molecule has 8 heteroatoms. The number of amides is 1. The fourth-order valence-electron chi connectivity index (χ4n) is 2.79. The average Bonchev–Trinajstić information content (AvgIpc) is 3.13. The molecule has 0 spiro atoms. The van der Waals surface area contributed by atoms with E-state index >= 15 is 0 Å². The van der Waals surface area contributed by atoms with Gasteiger partial charge < -0.3 is 0 Å². The summed E-state index contributed by atoms with van der Waals surface area (Å²) < 4.78 is 1.94. The summed E-state index contributed by atoms with van der Waals surface area (Å²) in [5.41, 5.74) is 0. The Morgan fingerprint density at radius 1 is 1.45 bits per heavy atom. The van der Waals surface area contributed by atoms with E-state index in [1.807, 2.05) is 23.9 Å². The van der Waals surface area contributed by atoms with Crippen molar-refractivity contribution in [2.45, 2.75) is 38.8 Å². The SMILES string of the molecule is Cc1nnc(NC(=O)CN2CCCC[C@@H]2Cn2cccn2)s1. The van der Waals surface area contributed by atoms with Crippen LogP contribution in [0.4, 0.5) is 5.13 Å². The second kappa shape index (κ2) is 6.97. The Labute approximate surface area is 133 Å². The number of anilines is 1. The molecule has 0 unspecified atom stereocenters. The molecule has 1 saturated heterocycles. The van der Waals surface area contributed by atoms with Gasteiger partial charge in [0.1, 0.15) is 5.01 Å². The Hall–Kier alpha value is -1.80. The monoisotopic (exact) mass is 320 g/mol. The third kappa shape index (κ3) is 3.89. The van der Waals surface area contributed by atoms with Crippen LogP contribution in [-0.4, -0.2) is 49.9 Å². The number of carbonyl (C=O) groups excluding carboxylic acids is 1. The van der Waals surface area contributed by atoms with Gasteiger partial charge in [0, 0.05) is 18.4 Å². The molecule has 22 heavy (non-hydrogen) atoms. The first-order valence-electron chi connectivity index (χ1n) is 7.52. The zero-order chi connectivity index (χ0) is 15.4. The van der Waals surface area contributed by atoms with Crippen LogP contribution in [0.5, 0.6) is 0 Å². The van der Waals surface area contributed by atoms with Gasteiger partial charge >= 0.3 is 0 Å². The van der Waals surface area contributed by atoms with Gasteiger partial charge in [-0.25, -0.2) is 0 Å². The molecule has 118 valence electrons. The lowest BCUT2D eigenvalue weighted by atomic mass is 10.0. The van der Waals surface area contributed by atoms with Gasteiger partial charge in [0.2, 0.25) is 11.0 Å². The van der Waals surface area contributed by atoms with E-state index in [4.69, 9.17) is 0 Å². The van der Waals surface area contributed by atoms with Gasteiger partial charge in [-0.1, -0.05) is 17.8 Å². The molecule has 1 atom stereocenters. The highest BCUT2D eigenvalue weighted by Crippen LogP contribution is 2.19. The van der Waals surface area contributed by atoms with E-state index in [0.29, 0.717) is 17.7 Å². The van der Waals surface area contributed by atoms with Gasteiger partial charge in [0.05, 0.1) is 13.1 Å². The lowest BCUT2D eigenvalue weighted by Crippen LogP contribution is -2.46. The van der Waals surface area contributed by atoms with Crippen molar-refractivity contribution < 1.29 is 4.79 Å². The van der Waals surface area contributed by atoms with Crippen molar-refractivity contribution in [1.82, 2.24) is 24.9 Å². The number of aromatic nitrogens is 4. The highest BCUT2D eigenvalue weighted by atomic mass is 32.1. The third-order valence-electron chi connectivity index (χ3n) is 3.83. The number of aryl methyl sites for hydroxylation is 1. The molecular formula is C14H20N6OS. The summed E-state index contributed by atoms with van der Waals surface area (Å²) in [5.74, 6) is -0.0245. The second-order valence-corrected chi connectivity index (χ2v) is 6.70. The minimum atomic E-state index is -0.0245. The molecule has 1 aliphatic heterocycles. The summed E-state index contributed by atoms with van der Waals surface area (Å²) in [7, 11) is 0. The van der Waals surface area contributed by atoms with Crippen molar-refractivity contribution in [1.29, 1.82) is 0 Å². The van der Waals surface area contributed by atoms with Gasteiger partial charge in [-0.3, -0.25) is 19.7 Å². The summed E-state index contributed by atoms with van der Waals surface area (Å²) in [6.45, 7) is 4.05. The smallest absolute Gasteiger partial charge is 0.240 e. The zero-order valence-corrected chi connectivity index (χ0v) is 13.4. The Morgan fingerprint density at radius 3 is 3.09 bits per heavy atom. The van der Waals surface area contributed by atoms with Crippen LogP contribution in [-0.2, 0) is 11.3 Å². The van der Waals surface area contributed by atoms with Gasteiger partial charge in [0.15, 0.2) is 0 Å². The van der Waals surface area contributed by atoms with E-state index in [1.165, 1.54) is 17.8 Å². The molecule has 0 saturated carbocycles. The molecule has 0 radical (unpaired) electrons. The van der Waals surface area contributed by atoms with E-state index in [-0.39, 0.29) is 5.91 Å². The van der Waals surface area contributed by atoms with Gasteiger partial charge in [-0.05, 0) is 32.4 Å². The first-order chi connectivity index (χ1) is 10.7. The molecule has 7 nitrogen and oxygen atoms in total. The minimum absolute atomic E-state index is 0.0245. The van der Waals surface area contributed by atoms with Crippen molar-refractivity contribution in [3.05, 3.63) is 23.5 Å². The van der Waals surface area contributed by atoms with E-state index in [1.54, 1.807) is 6.20 Å². The second-order valence-electron chi connectivity index (χ2n) is 5.52. The molecular weight excluding hydrogens is 300 g/mol. The molecule has 0 aliphatic carbocycles. The molecule has 3 heterocycles. The van der Waals surface area contributed by atoms with Crippen LogP contribution in [0.25, 0.3) is 0 Å². The van der Waals surface area contributed by atoms with Crippen molar-refractivity contribution in [2.75, 3.05) is 18.4 Å². The van der Waals surface area contributed by atoms with E-state index in [2.05, 4.69) is 25.5 Å². The maximum Gasteiger partial charge on any atom is 0.240 e. The predicted molar refractivity (Wildman–Crippen MR) is 84.7 cm³/mol. The van der Waals surface area contributed by atoms with Gasteiger partial charge in [0.25, 0.3) is 0 Å². The Kier molecular flexibility index (Phi) is 4.79. The largest absolute Gasteiger partial charge is 0.299 e. The molecule has 2 aromatic rings. The van der Waals surface area contributed by atoms with Crippen LogP contribution >= 0.6 is 11.3 Å². The normalized spacial score (nSPS) is 19.2. The Bertz CT molecular complexity index is 611. The van der Waals surface area contributed by atoms with Crippen LogP contribution in [0.2, 0.25) is 0 Å². The number of hydrogen-bond donors (Lipinski definition) is 1. The van der Waals surface area contributed by atoms with Crippen LogP contribution in [0.15, 0.2) is 18.5 Å². The van der Waals surface area contributed by atoms with E-state index in [0.717, 1.165) is 30.9 Å². The van der Waals surface area contributed by atoms with Crippen molar-refractivity contribution in [3.63, 3.8) is 0 Å². The number of carbonyl (C=O) groups is 1. The summed E-state index contributed by atoms with van der Waals surface area (Å²) >= 11 is 1.40. The fraction of sp³-hybridized carbons (Fsp3) is 0.571. The fourth-order valence-corrected chi connectivity index (χ4v) is 3.40. The van der Waals surface area contributed by atoms with E-state index < -0.39 is 0 Å². The maximum absolute atomic E-state index is 12.2. The van der Waals surface area contributed by atoms with Gasteiger partial charge in [-0.15, -0.1) is 10.2 Å². The Morgan fingerprint density at radius 2 is 2.36 bits per heavy atom. The van der Waals surface area contributed by atoms with E-state index in [9.17, 15) is 4.79 Å². The number of rotatable bonds is 5. The third-order valence-corrected chi connectivity index (χ3v) is 4.58. The van der Waals surface area contributed by atoms with Crippen LogP contribution in [0, 0.1) is 6.92 Å². The highest BCUT2D eigenvalue weighted by Gasteiger charge is 2.25. The summed E-state index contributed by atoms with van der Waals surface area (Å²) in [5, 5.41) is 16.4. The highest BCUT2D eigenvalue weighted by molar-refractivity contribution is 7.15. The topological polar surface area (TPSA) is 75.9 Å². The van der Waals surface area contributed by atoms with Crippen molar-refractivity contribution in [3.8, 4) is 0 Å². The summed E-state index contributed by atoms with van der Waals surface area (Å²) in [4.78, 5) is 14.4. The molecule has 1 aliphatic rings. The summed E-state index contributed by atoms with van der Waals surface area (Å²) in [6.07, 6.45) is 7.21. The first-order valence-corrected chi connectivity index (χ1v) is 8.34. The first kappa shape index (κ1) is 15.1. The zero-order valence-electron chi connectivity index (χ0n) is 12.6. The lowest BCUT2D eigenvalue weighted by molar-refractivity contribution is -0.118. The lowest BCUT2D eigenvalue weighted by Gasteiger charge is -2.35. The molecule has 0 aromatic carbocycles. The number of nitrogens with one attached hydrogen (secondary N) is 1. The average molecular weight is 320 g/mol. The number of hydrogen-bond acceptors (Lipinski definition) is 6. The van der Waals surface area contributed by atoms with Crippen molar-refractivity contribution >= 4 is 22.4 Å². The van der Waals surface area contributed by atoms with Crippen LogP contribution < -0.4 is 5.32 Å². The molecule has 2 aromatic heterocycles. The molecule has 1 amide bonds. The summed E-state index contributed by atoms with van der Waals surface area (Å²) in [6, 6.07) is 2.29. The standard InChI is InChI=1S/C14H20N6OS/c1-11-17-18-14(22-11)16-13(21)10-19-7-3-2-5-12(19)9-20-8-4-6-15-20/h4,6,8,12H,2-3,5,7,9-10H2,1H3,(H,16,18,21)/t12-/m1/s1. The molecule has 3 rings (SSSR count). The molecule has 1 fully saturated rings. The van der Waals surface area contributed by atoms with Crippen molar-refractivity contribution in [2.24, 2.45) is 0 Å². The minimum Gasteiger partial charge on any atom is -0.299 e. The number of likely N-dealkylation sites (tertiary alicyclic amines) is 1. The quantitative estimate of drug-likeness (QED) is 0.904. The number of piperidine rings is 1. The molecule has 1 N–H and O–H groups in total. The van der Waals surface area contributed by atoms with Gasteiger partial charge in [-0.2, -0.15) is 5.10 Å². The van der Waals surface area contributed by atoms with Crippen LogP contribution in [0.1, 0.15) is 24.3 Å². The molecule has 0 bridgehead atoms. The van der Waals surface area contributed by atoms with Crippen LogP contribution in [0.3, 0.4) is 0 Å². The maximum atomic E-state index is 12.2. The predicted octanol–water partition coefficient (Wildman–Crippen LogP) is 1.54.